The Morgan fingerprint density at radius 1 is 1.10 bits per heavy atom. The molecule has 5 nitrogen and oxygen atoms in total. The van der Waals surface area contributed by atoms with E-state index in [9.17, 15) is 9.59 Å². The molecule has 0 spiro atoms. The van der Waals surface area contributed by atoms with Gasteiger partial charge in [-0.15, -0.1) is 0 Å². The molecule has 0 atom stereocenters. The van der Waals surface area contributed by atoms with Crippen molar-refractivity contribution in [3.05, 3.63) is 35.4 Å². The maximum absolute atomic E-state index is 12.3. The summed E-state index contributed by atoms with van der Waals surface area (Å²) < 4.78 is 0. The maximum atomic E-state index is 12.3. The minimum absolute atomic E-state index is 0.146. The zero-order valence-corrected chi connectivity index (χ0v) is 12.3. The van der Waals surface area contributed by atoms with Gasteiger partial charge in [-0.2, -0.15) is 0 Å². The van der Waals surface area contributed by atoms with E-state index in [0.29, 0.717) is 25.3 Å². The van der Waals surface area contributed by atoms with Gasteiger partial charge in [0.1, 0.15) is 0 Å². The van der Waals surface area contributed by atoms with Crippen LogP contribution < -0.4 is 11.5 Å². The number of piperidine rings is 1. The number of nitrogens with zero attached hydrogens (tertiary/aromatic N) is 1. The largest absolute Gasteiger partial charge is 0.370 e. The monoisotopic (exact) mass is 289 g/mol. The van der Waals surface area contributed by atoms with Crippen LogP contribution in [0.2, 0.25) is 0 Å². The first kappa shape index (κ1) is 15.5. The van der Waals surface area contributed by atoms with E-state index < -0.39 is 0 Å². The molecule has 0 aliphatic carbocycles. The average Bonchev–Trinajstić information content (AvgIpc) is 2.48. The predicted molar refractivity (Wildman–Crippen MR) is 81.2 cm³/mol. The Bertz CT molecular complexity index is 491. The summed E-state index contributed by atoms with van der Waals surface area (Å²) in [7, 11) is 0. The summed E-state index contributed by atoms with van der Waals surface area (Å²) >= 11 is 0. The second kappa shape index (κ2) is 7.22. The predicted octanol–water partition coefficient (Wildman–Crippen LogP) is 0.802. The number of primary amides is 1. The van der Waals surface area contributed by atoms with Gasteiger partial charge in [0.2, 0.25) is 11.8 Å². The third-order valence-corrected chi connectivity index (χ3v) is 4.07. The first-order valence-corrected chi connectivity index (χ1v) is 7.42. The van der Waals surface area contributed by atoms with Gasteiger partial charge in [0.15, 0.2) is 0 Å². The van der Waals surface area contributed by atoms with E-state index in [0.717, 1.165) is 37.1 Å². The highest BCUT2D eigenvalue weighted by Gasteiger charge is 2.23. The van der Waals surface area contributed by atoms with Crippen LogP contribution in [0.25, 0.3) is 0 Å². The van der Waals surface area contributed by atoms with Gasteiger partial charge in [-0.05, 0) is 29.9 Å². The Labute approximate surface area is 125 Å². The zero-order valence-electron chi connectivity index (χ0n) is 12.3. The second-order valence-electron chi connectivity index (χ2n) is 5.69. The smallest absolute Gasteiger partial charge is 0.226 e. The van der Waals surface area contributed by atoms with Crippen molar-refractivity contribution in [2.45, 2.75) is 32.2 Å². The Morgan fingerprint density at radius 3 is 2.19 bits per heavy atom. The van der Waals surface area contributed by atoms with Gasteiger partial charge in [-0.3, -0.25) is 9.59 Å². The number of amides is 2. The molecular weight excluding hydrogens is 266 g/mol. The molecule has 0 radical (unpaired) electrons. The lowest BCUT2D eigenvalue weighted by Crippen LogP contribution is -2.40. The van der Waals surface area contributed by atoms with Crippen molar-refractivity contribution >= 4 is 11.8 Å². The molecule has 0 saturated carbocycles. The van der Waals surface area contributed by atoms with Crippen LogP contribution in [0.5, 0.6) is 0 Å². The normalized spacial score (nSPS) is 16.0. The first-order chi connectivity index (χ1) is 10.1. The van der Waals surface area contributed by atoms with E-state index in [4.69, 9.17) is 11.5 Å². The molecular formula is C16H23N3O2. The molecule has 0 unspecified atom stereocenters. The van der Waals surface area contributed by atoms with E-state index in [1.165, 1.54) is 0 Å². The third kappa shape index (κ3) is 4.56. The Kier molecular flexibility index (Phi) is 5.33. The Balaban J connectivity index is 1.82. The zero-order chi connectivity index (χ0) is 15.2. The molecule has 1 aliphatic rings. The van der Waals surface area contributed by atoms with Crippen LogP contribution >= 0.6 is 0 Å². The molecule has 2 rings (SSSR count). The average molecular weight is 289 g/mol. The number of benzene rings is 1. The second-order valence-corrected chi connectivity index (χ2v) is 5.69. The van der Waals surface area contributed by atoms with Gasteiger partial charge >= 0.3 is 0 Å². The fourth-order valence-corrected chi connectivity index (χ4v) is 2.75. The topological polar surface area (TPSA) is 89.4 Å². The van der Waals surface area contributed by atoms with E-state index in [1.807, 2.05) is 29.2 Å². The first-order valence-electron chi connectivity index (χ1n) is 7.42. The lowest BCUT2D eigenvalue weighted by Gasteiger charge is -2.31. The number of carbonyl (C=O) groups is 2. The molecule has 1 heterocycles. The van der Waals surface area contributed by atoms with Gasteiger partial charge < -0.3 is 16.4 Å². The van der Waals surface area contributed by atoms with Crippen LogP contribution in [0, 0.1) is 5.92 Å². The van der Waals surface area contributed by atoms with Crippen molar-refractivity contribution in [3.63, 3.8) is 0 Å². The molecule has 114 valence electrons. The molecule has 1 aromatic carbocycles. The number of nitrogens with two attached hydrogens (primary N) is 2. The van der Waals surface area contributed by atoms with Crippen LogP contribution in [0.4, 0.5) is 0 Å². The van der Waals surface area contributed by atoms with Gasteiger partial charge in [-0.25, -0.2) is 0 Å². The van der Waals surface area contributed by atoms with Crippen molar-refractivity contribution in [2.75, 3.05) is 13.1 Å². The lowest BCUT2D eigenvalue weighted by atomic mass is 9.93. The maximum Gasteiger partial charge on any atom is 0.226 e. The van der Waals surface area contributed by atoms with Crippen LogP contribution in [0.1, 0.15) is 30.4 Å². The number of hydrogen-bond donors (Lipinski definition) is 2. The van der Waals surface area contributed by atoms with Gasteiger partial charge in [0, 0.05) is 26.1 Å². The Hall–Kier alpha value is -1.88. The van der Waals surface area contributed by atoms with Crippen molar-refractivity contribution in [3.8, 4) is 0 Å². The molecule has 5 heteroatoms. The highest BCUT2D eigenvalue weighted by Crippen LogP contribution is 2.20. The number of hydrogen-bond acceptors (Lipinski definition) is 3. The third-order valence-electron chi connectivity index (χ3n) is 4.07. The number of rotatable bonds is 5. The molecule has 0 bridgehead atoms. The van der Waals surface area contributed by atoms with Crippen molar-refractivity contribution in [1.29, 1.82) is 0 Å². The molecule has 2 amide bonds. The number of carbonyl (C=O) groups excluding carboxylic acids is 2. The van der Waals surface area contributed by atoms with Gasteiger partial charge in [0.25, 0.3) is 0 Å². The van der Waals surface area contributed by atoms with Crippen molar-refractivity contribution in [1.82, 2.24) is 4.90 Å². The molecule has 4 N–H and O–H groups in total. The summed E-state index contributed by atoms with van der Waals surface area (Å²) in [6, 6.07) is 7.84. The summed E-state index contributed by atoms with van der Waals surface area (Å²) in [5.74, 6) is 0.225. The SMILES string of the molecule is NCc1ccc(CC(=O)N2CCC(CC(N)=O)CC2)cc1. The molecule has 1 saturated heterocycles. The molecule has 1 fully saturated rings. The molecule has 1 aliphatic heterocycles. The minimum Gasteiger partial charge on any atom is -0.370 e. The van der Waals surface area contributed by atoms with Crippen LogP contribution in [-0.2, 0) is 22.6 Å². The van der Waals surface area contributed by atoms with Crippen molar-refractivity contribution in [2.24, 2.45) is 17.4 Å². The minimum atomic E-state index is -0.250. The lowest BCUT2D eigenvalue weighted by molar-refractivity contribution is -0.131. The fraction of sp³-hybridized carbons (Fsp3) is 0.500. The molecule has 0 aromatic heterocycles. The quantitative estimate of drug-likeness (QED) is 0.840. The fourth-order valence-electron chi connectivity index (χ4n) is 2.75. The van der Waals surface area contributed by atoms with E-state index in [-0.39, 0.29) is 11.8 Å². The van der Waals surface area contributed by atoms with Gasteiger partial charge in [0.05, 0.1) is 6.42 Å². The Morgan fingerprint density at radius 2 is 1.67 bits per heavy atom. The highest BCUT2D eigenvalue weighted by molar-refractivity contribution is 5.79. The number of likely N-dealkylation sites (tertiary alicyclic amines) is 1. The summed E-state index contributed by atoms with van der Waals surface area (Å²) in [5, 5.41) is 0. The van der Waals surface area contributed by atoms with Gasteiger partial charge in [-0.1, -0.05) is 24.3 Å². The summed E-state index contributed by atoms with van der Waals surface area (Å²) in [5.41, 5.74) is 12.9. The molecule has 21 heavy (non-hydrogen) atoms. The summed E-state index contributed by atoms with van der Waals surface area (Å²) in [6.07, 6.45) is 2.58. The summed E-state index contributed by atoms with van der Waals surface area (Å²) in [6.45, 7) is 1.96. The highest BCUT2D eigenvalue weighted by atomic mass is 16.2. The van der Waals surface area contributed by atoms with Crippen LogP contribution in [0.15, 0.2) is 24.3 Å². The van der Waals surface area contributed by atoms with E-state index >= 15 is 0 Å². The van der Waals surface area contributed by atoms with Crippen molar-refractivity contribution < 1.29 is 9.59 Å². The van der Waals surface area contributed by atoms with Crippen LogP contribution in [-0.4, -0.2) is 29.8 Å². The summed E-state index contributed by atoms with van der Waals surface area (Å²) in [4.78, 5) is 25.1. The molecule has 1 aromatic rings. The van der Waals surface area contributed by atoms with E-state index in [2.05, 4.69) is 0 Å². The standard InChI is InChI=1S/C16H23N3O2/c17-11-14-3-1-12(2-4-14)10-16(21)19-7-5-13(6-8-19)9-15(18)20/h1-4,13H,5-11,17H2,(H2,18,20). The van der Waals surface area contributed by atoms with E-state index in [1.54, 1.807) is 0 Å². The van der Waals surface area contributed by atoms with Crippen LogP contribution in [0.3, 0.4) is 0 Å².